The number of rotatable bonds is 3. The van der Waals surface area contributed by atoms with Crippen molar-refractivity contribution < 1.29 is 14.6 Å². The molecule has 1 N–H and O–H groups in total. The quantitative estimate of drug-likeness (QED) is 0.573. The fraction of sp³-hybridized carbons (Fsp3) is 0.364. The van der Waals surface area contributed by atoms with Gasteiger partial charge in [0.1, 0.15) is 5.75 Å². The van der Waals surface area contributed by atoms with Crippen molar-refractivity contribution in [1.29, 1.82) is 0 Å². The number of hydrogen-bond donors (Lipinski definition) is 1. The van der Waals surface area contributed by atoms with Crippen molar-refractivity contribution in [2.75, 3.05) is 6.61 Å². The van der Waals surface area contributed by atoms with Crippen LogP contribution in [0.3, 0.4) is 0 Å². The van der Waals surface area contributed by atoms with Gasteiger partial charge >= 0.3 is 5.97 Å². The van der Waals surface area contributed by atoms with E-state index >= 15 is 0 Å². The summed E-state index contributed by atoms with van der Waals surface area (Å²) in [6, 6.07) is 3.61. The Bertz CT molecular complexity index is 381. The zero-order chi connectivity index (χ0) is 12.3. The standard InChI is InChI=1S/C11H12I2O3/c1-3-16-11(15)6(2)7-4-8(12)10(14)9(13)5-7/h4-6,14H,3H2,1-2H3. The molecule has 1 aromatic carbocycles. The van der Waals surface area contributed by atoms with Crippen molar-refractivity contribution in [2.45, 2.75) is 19.8 Å². The van der Waals surface area contributed by atoms with Gasteiger partial charge in [-0.3, -0.25) is 4.79 Å². The fourth-order valence-electron chi connectivity index (χ4n) is 1.24. The van der Waals surface area contributed by atoms with E-state index in [0.29, 0.717) is 6.61 Å². The van der Waals surface area contributed by atoms with E-state index in [9.17, 15) is 9.90 Å². The van der Waals surface area contributed by atoms with Crippen LogP contribution >= 0.6 is 45.2 Å². The Kier molecular flexibility index (Phi) is 5.29. The van der Waals surface area contributed by atoms with E-state index in [0.717, 1.165) is 12.7 Å². The Labute approximate surface area is 122 Å². The van der Waals surface area contributed by atoms with Crippen molar-refractivity contribution in [1.82, 2.24) is 0 Å². The van der Waals surface area contributed by atoms with Gasteiger partial charge < -0.3 is 9.84 Å². The summed E-state index contributed by atoms with van der Waals surface area (Å²) in [5, 5.41) is 9.62. The molecule has 0 spiro atoms. The van der Waals surface area contributed by atoms with Crippen LogP contribution in [-0.4, -0.2) is 17.7 Å². The van der Waals surface area contributed by atoms with Crippen LogP contribution in [0.2, 0.25) is 0 Å². The van der Waals surface area contributed by atoms with Gasteiger partial charge in [-0.2, -0.15) is 0 Å². The van der Waals surface area contributed by atoms with Crippen molar-refractivity contribution in [3.05, 3.63) is 24.8 Å². The first kappa shape index (κ1) is 14.0. The Morgan fingerprint density at radius 1 is 1.44 bits per heavy atom. The number of phenolic OH excluding ortho intramolecular Hbond substituents is 1. The van der Waals surface area contributed by atoms with Crippen LogP contribution in [0, 0.1) is 7.14 Å². The molecular formula is C11H12I2O3. The van der Waals surface area contributed by atoms with Gasteiger partial charge in [-0.15, -0.1) is 0 Å². The molecule has 16 heavy (non-hydrogen) atoms. The number of carbonyl (C=O) groups excluding carboxylic acids is 1. The van der Waals surface area contributed by atoms with Crippen LogP contribution in [0.1, 0.15) is 25.3 Å². The lowest BCUT2D eigenvalue weighted by molar-refractivity contribution is -0.144. The minimum absolute atomic E-state index is 0.236. The largest absolute Gasteiger partial charge is 0.506 e. The van der Waals surface area contributed by atoms with E-state index in [2.05, 4.69) is 0 Å². The number of benzene rings is 1. The molecule has 0 aliphatic heterocycles. The number of aromatic hydroxyl groups is 1. The first-order valence-corrected chi connectivity index (χ1v) is 6.97. The second-order valence-electron chi connectivity index (χ2n) is 3.31. The van der Waals surface area contributed by atoms with Crippen molar-refractivity contribution in [2.24, 2.45) is 0 Å². The molecule has 5 heteroatoms. The summed E-state index contributed by atoms with van der Waals surface area (Å²) in [7, 11) is 0. The number of esters is 1. The van der Waals surface area contributed by atoms with Crippen LogP contribution in [0.25, 0.3) is 0 Å². The molecule has 1 atom stereocenters. The summed E-state index contributed by atoms with van der Waals surface area (Å²) in [6.07, 6.45) is 0. The van der Waals surface area contributed by atoms with Gasteiger partial charge in [0, 0.05) is 0 Å². The van der Waals surface area contributed by atoms with Gasteiger partial charge in [0.25, 0.3) is 0 Å². The van der Waals surface area contributed by atoms with Crippen molar-refractivity contribution in [3.8, 4) is 5.75 Å². The summed E-state index contributed by atoms with van der Waals surface area (Å²) in [5.41, 5.74) is 0.866. The van der Waals surface area contributed by atoms with Crippen molar-refractivity contribution in [3.63, 3.8) is 0 Å². The van der Waals surface area contributed by atoms with E-state index in [1.54, 1.807) is 26.0 Å². The van der Waals surface area contributed by atoms with Crippen LogP contribution in [0.5, 0.6) is 5.75 Å². The topological polar surface area (TPSA) is 46.5 Å². The first-order valence-electron chi connectivity index (χ1n) is 4.82. The average Bonchev–Trinajstić information content (AvgIpc) is 2.24. The molecule has 1 aromatic rings. The Morgan fingerprint density at radius 2 is 1.94 bits per heavy atom. The normalized spacial score (nSPS) is 12.2. The number of carbonyl (C=O) groups is 1. The van der Waals surface area contributed by atoms with Gasteiger partial charge in [0.2, 0.25) is 0 Å². The molecule has 1 rings (SSSR count). The van der Waals surface area contributed by atoms with Crippen LogP contribution in [0.15, 0.2) is 12.1 Å². The molecule has 1 unspecified atom stereocenters. The lowest BCUT2D eigenvalue weighted by Gasteiger charge is -2.12. The number of hydrogen-bond acceptors (Lipinski definition) is 3. The van der Waals surface area contributed by atoms with Gasteiger partial charge in [0.05, 0.1) is 19.7 Å². The van der Waals surface area contributed by atoms with Crippen LogP contribution in [0.4, 0.5) is 0 Å². The highest BCUT2D eigenvalue weighted by atomic mass is 127. The molecule has 88 valence electrons. The molecule has 0 aromatic heterocycles. The highest BCUT2D eigenvalue weighted by Crippen LogP contribution is 2.30. The monoisotopic (exact) mass is 446 g/mol. The fourth-order valence-corrected chi connectivity index (χ4v) is 3.05. The van der Waals surface area contributed by atoms with E-state index in [1.165, 1.54) is 0 Å². The van der Waals surface area contributed by atoms with Gasteiger partial charge in [0.15, 0.2) is 0 Å². The van der Waals surface area contributed by atoms with Gasteiger partial charge in [-0.1, -0.05) is 0 Å². The molecular weight excluding hydrogens is 434 g/mol. The lowest BCUT2D eigenvalue weighted by atomic mass is 10.0. The van der Waals surface area contributed by atoms with E-state index in [-0.39, 0.29) is 17.6 Å². The van der Waals surface area contributed by atoms with E-state index in [4.69, 9.17) is 4.74 Å². The lowest BCUT2D eigenvalue weighted by Crippen LogP contribution is -2.13. The minimum atomic E-state index is -0.303. The Balaban J connectivity index is 3.01. The van der Waals surface area contributed by atoms with Crippen LogP contribution in [-0.2, 0) is 9.53 Å². The smallest absolute Gasteiger partial charge is 0.313 e. The Hall–Kier alpha value is -0.0500. The summed E-state index contributed by atoms with van der Waals surface area (Å²) in [4.78, 5) is 11.6. The summed E-state index contributed by atoms with van der Waals surface area (Å²) >= 11 is 4.09. The van der Waals surface area contributed by atoms with Gasteiger partial charge in [-0.25, -0.2) is 0 Å². The third kappa shape index (κ3) is 3.22. The summed E-state index contributed by atoms with van der Waals surface area (Å²) < 4.78 is 6.45. The van der Waals surface area contributed by atoms with E-state index < -0.39 is 0 Å². The highest BCUT2D eigenvalue weighted by Gasteiger charge is 2.18. The zero-order valence-corrected chi connectivity index (χ0v) is 13.3. The minimum Gasteiger partial charge on any atom is -0.506 e. The number of ether oxygens (including phenoxy) is 1. The predicted octanol–water partition coefficient (Wildman–Crippen LogP) is 3.27. The molecule has 0 saturated heterocycles. The molecule has 0 amide bonds. The second-order valence-corrected chi connectivity index (χ2v) is 5.63. The maximum atomic E-state index is 11.6. The van der Waals surface area contributed by atoms with E-state index in [1.807, 2.05) is 45.2 Å². The summed E-state index contributed by atoms with van der Waals surface area (Å²) in [6.45, 7) is 3.97. The molecule has 0 radical (unpaired) electrons. The molecule has 0 aliphatic rings. The van der Waals surface area contributed by atoms with Crippen LogP contribution < -0.4 is 0 Å². The van der Waals surface area contributed by atoms with Crippen molar-refractivity contribution >= 4 is 51.2 Å². The molecule has 0 heterocycles. The molecule has 0 saturated carbocycles. The maximum absolute atomic E-state index is 11.6. The second kappa shape index (κ2) is 6.04. The molecule has 0 bridgehead atoms. The molecule has 0 fully saturated rings. The SMILES string of the molecule is CCOC(=O)C(C)c1cc(I)c(O)c(I)c1. The zero-order valence-electron chi connectivity index (χ0n) is 8.96. The highest BCUT2D eigenvalue weighted by molar-refractivity contribution is 14.1. The number of halogens is 2. The number of phenols is 1. The predicted molar refractivity (Wildman–Crippen MR) is 78.6 cm³/mol. The first-order chi connectivity index (χ1) is 7.47. The molecule has 3 nitrogen and oxygen atoms in total. The average molecular weight is 446 g/mol. The van der Waals surface area contributed by atoms with Gasteiger partial charge in [-0.05, 0) is 76.7 Å². The summed E-state index contributed by atoms with van der Waals surface area (Å²) in [5.74, 6) is -0.275. The third-order valence-corrected chi connectivity index (χ3v) is 3.82. The third-order valence-electron chi connectivity index (χ3n) is 2.18. The Morgan fingerprint density at radius 3 is 2.38 bits per heavy atom. The maximum Gasteiger partial charge on any atom is 0.313 e. The molecule has 0 aliphatic carbocycles.